The minimum atomic E-state index is -1.20. The van der Waals surface area contributed by atoms with E-state index in [2.05, 4.69) is 0 Å². The Balaban J connectivity index is 2.57. The molecule has 0 atom stereocenters. The molecule has 1 aromatic carbocycles. The van der Waals surface area contributed by atoms with Crippen molar-refractivity contribution in [3.05, 3.63) is 34.9 Å². The van der Waals surface area contributed by atoms with Gasteiger partial charge in [0.15, 0.2) is 11.6 Å². The first-order chi connectivity index (χ1) is 7.09. The van der Waals surface area contributed by atoms with Gasteiger partial charge < -0.3 is 9.84 Å². The van der Waals surface area contributed by atoms with Crippen molar-refractivity contribution < 1.29 is 23.4 Å². The fourth-order valence-corrected chi connectivity index (χ4v) is 1.30. The Kier molecular flexibility index (Phi) is 2.15. The number of carbonyl (C=O) groups is 1. The molecule has 1 aliphatic rings. The highest BCUT2D eigenvalue weighted by Crippen LogP contribution is 2.29. The molecule has 0 spiro atoms. The Labute approximate surface area is 83.6 Å². The maximum absolute atomic E-state index is 13.2. The number of rotatable bonds is 1. The highest BCUT2D eigenvalue weighted by atomic mass is 19.2. The smallest absolute Gasteiger partial charge is 0.335 e. The third kappa shape index (κ3) is 1.56. The van der Waals surface area contributed by atoms with Crippen LogP contribution >= 0.6 is 0 Å². The number of ether oxygens (including phenoxy) is 1. The van der Waals surface area contributed by atoms with Gasteiger partial charge in [0.2, 0.25) is 0 Å². The maximum Gasteiger partial charge on any atom is 0.335 e. The second-order valence-corrected chi connectivity index (χ2v) is 3.04. The van der Waals surface area contributed by atoms with Crippen LogP contribution in [0.4, 0.5) is 8.78 Å². The van der Waals surface area contributed by atoms with Crippen LogP contribution in [0.25, 0.3) is 6.08 Å². The highest BCUT2D eigenvalue weighted by molar-refractivity contribution is 5.93. The van der Waals surface area contributed by atoms with Crippen molar-refractivity contribution >= 4 is 12.0 Å². The number of aliphatic carboxylic acids is 1. The maximum atomic E-state index is 13.2. The predicted octanol–water partition coefficient (Wildman–Crippen LogP) is 1.83. The molecule has 0 amide bonds. The van der Waals surface area contributed by atoms with Gasteiger partial charge in [-0.15, -0.1) is 0 Å². The van der Waals surface area contributed by atoms with Crippen LogP contribution in [0.2, 0.25) is 0 Å². The topological polar surface area (TPSA) is 46.5 Å². The van der Waals surface area contributed by atoms with E-state index >= 15 is 0 Å². The lowest BCUT2D eigenvalue weighted by molar-refractivity contribution is -0.132. The molecule has 0 radical (unpaired) electrons. The SMILES string of the molecule is O=C(O)C1=Cc2c(ccc(F)c2F)OC1. The zero-order chi connectivity index (χ0) is 11.0. The number of carboxylic acid groups (broad SMARTS) is 1. The fraction of sp³-hybridized carbons (Fsp3) is 0.100. The zero-order valence-corrected chi connectivity index (χ0v) is 7.46. The molecule has 78 valence electrons. The molecule has 1 aromatic rings. The van der Waals surface area contributed by atoms with Crippen molar-refractivity contribution in [1.29, 1.82) is 0 Å². The molecule has 1 N–H and O–H groups in total. The van der Waals surface area contributed by atoms with E-state index in [1.54, 1.807) is 0 Å². The van der Waals surface area contributed by atoms with Crippen LogP contribution in [-0.2, 0) is 4.79 Å². The Morgan fingerprint density at radius 2 is 2.13 bits per heavy atom. The van der Waals surface area contributed by atoms with Crippen molar-refractivity contribution in [3.63, 3.8) is 0 Å². The largest absolute Gasteiger partial charge is 0.488 e. The molecular weight excluding hydrogens is 206 g/mol. The molecule has 0 bridgehead atoms. The van der Waals surface area contributed by atoms with E-state index in [1.165, 1.54) is 6.07 Å². The molecule has 0 aliphatic carbocycles. The zero-order valence-electron chi connectivity index (χ0n) is 7.46. The second kappa shape index (κ2) is 3.34. The van der Waals surface area contributed by atoms with Crippen LogP contribution in [0.5, 0.6) is 5.75 Å². The molecule has 0 aromatic heterocycles. The summed E-state index contributed by atoms with van der Waals surface area (Å²) in [5.74, 6) is -3.17. The van der Waals surface area contributed by atoms with Gasteiger partial charge in [0, 0.05) is 0 Å². The summed E-state index contributed by atoms with van der Waals surface area (Å²) in [6.45, 7) is -0.145. The third-order valence-electron chi connectivity index (χ3n) is 2.07. The highest BCUT2D eigenvalue weighted by Gasteiger charge is 2.20. The number of carboxylic acids is 1. The number of fused-ring (bicyclic) bond motifs is 1. The Bertz CT molecular complexity index is 466. The summed E-state index contributed by atoms with van der Waals surface area (Å²) in [5, 5.41) is 8.66. The molecule has 0 fully saturated rings. The van der Waals surface area contributed by atoms with E-state index in [-0.39, 0.29) is 23.5 Å². The number of hydrogen-bond acceptors (Lipinski definition) is 2. The number of halogens is 2. The summed E-state index contributed by atoms with van der Waals surface area (Å²) in [4.78, 5) is 10.6. The van der Waals surface area contributed by atoms with Gasteiger partial charge >= 0.3 is 5.97 Å². The normalized spacial score (nSPS) is 13.9. The molecule has 15 heavy (non-hydrogen) atoms. The lowest BCUT2D eigenvalue weighted by Crippen LogP contribution is -2.15. The average molecular weight is 212 g/mol. The van der Waals surface area contributed by atoms with Crippen LogP contribution in [0.3, 0.4) is 0 Å². The summed E-state index contributed by atoms with van der Waals surface area (Å²) in [6.07, 6.45) is 1.08. The predicted molar refractivity (Wildman–Crippen MR) is 47.5 cm³/mol. The summed E-state index contributed by atoms with van der Waals surface area (Å²) in [5.41, 5.74) is -0.259. The quantitative estimate of drug-likeness (QED) is 0.772. The minimum Gasteiger partial charge on any atom is -0.488 e. The first kappa shape index (κ1) is 9.64. The fourth-order valence-electron chi connectivity index (χ4n) is 1.30. The van der Waals surface area contributed by atoms with E-state index in [0.29, 0.717) is 0 Å². The summed E-state index contributed by atoms with van der Waals surface area (Å²) < 4.78 is 31.0. The Hall–Kier alpha value is -1.91. The average Bonchev–Trinajstić information content (AvgIpc) is 2.23. The van der Waals surface area contributed by atoms with Crippen LogP contribution < -0.4 is 4.74 Å². The van der Waals surface area contributed by atoms with Gasteiger partial charge in [-0.25, -0.2) is 13.6 Å². The number of benzene rings is 1. The molecule has 0 saturated carbocycles. The van der Waals surface area contributed by atoms with E-state index in [4.69, 9.17) is 9.84 Å². The molecule has 2 rings (SSSR count). The lowest BCUT2D eigenvalue weighted by Gasteiger charge is -2.16. The molecule has 1 heterocycles. The van der Waals surface area contributed by atoms with E-state index in [9.17, 15) is 13.6 Å². The summed E-state index contributed by atoms with van der Waals surface area (Å²) in [7, 11) is 0. The van der Waals surface area contributed by atoms with Crippen molar-refractivity contribution in [3.8, 4) is 5.75 Å². The van der Waals surface area contributed by atoms with Gasteiger partial charge in [-0.1, -0.05) is 0 Å². The van der Waals surface area contributed by atoms with Crippen molar-refractivity contribution in [1.82, 2.24) is 0 Å². The summed E-state index contributed by atoms with van der Waals surface area (Å²) >= 11 is 0. The molecule has 0 unspecified atom stereocenters. The van der Waals surface area contributed by atoms with Gasteiger partial charge in [0.1, 0.15) is 12.4 Å². The third-order valence-corrected chi connectivity index (χ3v) is 2.07. The van der Waals surface area contributed by atoms with Gasteiger partial charge in [-0.3, -0.25) is 0 Å². The molecular formula is C10H6F2O3. The molecule has 5 heteroatoms. The Morgan fingerprint density at radius 1 is 1.40 bits per heavy atom. The number of hydrogen-bond donors (Lipinski definition) is 1. The van der Waals surface area contributed by atoms with Crippen molar-refractivity contribution in [2.45, 2.75) is 0 Å². The molecule has 3 nitrogen and oxygen atoms in total. The second-order valence-electron chi connectivity index (χ2n) is 3.04. The monoisotopic (exact) mass is 212 g/mol. The first-order valence-corrected chi connectivity index (χ1v) is 4.14. The molecule has 1 aliphatic heterocycles. The Morgan fingerprint density at radius 3 is 2.80 bits per heavy atom. The van der Waals surface area contributed by atoms with Crippen LogP contribution in [0, 0.1) is 11.6 Å². The van der Waals surface area contributed by atoms with E-state index in [0.717, 1.165) is 12.1 Å². The van der Waals surface area contributed by atoms with Crippen LogP contribution in [0.15, 0.2) is 17.7 Å². The van der Waals surface area contributed by atoms with Crippen molar-refractivity contribution in [2.75, 3.05) is 6.61 Å². The standard InChI is InChI=1S/C10H6F2O3/c11-7-1-2-8-6(9(7)12)3-5(4-15-8)10(13)14/h1-3H,4H2,(H,13,14). The van der Waals surface area contributed by atoms with E-state index < -0.39 is 17.6 Å². The van der Waals surface area contributed by atoms with E-state index in [1.807, 2.05) is 0 Å². The lowest BCUT2D eigenvalue weighted by atomic mass is 10.1. The first-order valence-electron chi connectivity index (χ1n) is 4.14. The van der Waals surface area contributed by atoms with Gasteiger partial charge in [0.25, 0.3) is 0 Å². The minimum absolute atomic E-state index is 0.105. The van der Waals surface area contributed by atoms with Crippen LogP contribution in [-0.4, -0.2) is 17.7 Å². The molecule has 0 saturated heterocycles. The van der Waals surface area contributed by atoms with Crippen LogP contribution in [0.1, 0.15) is 5.56 Å². The summed E-state index contributed by atoms with van der Waals surface area (Å²) in [6, 6.07) is 2.21. The van der Waals surface area contributed by atoms with Gasteiger partial charge in [-0.2, -0.15) is 0 Å². The van der Waals surface area contributed by atoms with Gasteiger partial charge in [0.05, 0.1) is 11.1 Å². The van der Waals surface area contributed by atoms with Gasteiger partial charge in [-0.05, 0) is 18.2 Å². The van der Waals surface area contributed by atoms with Crippen molar-refractivity contribution in [2.24, 2.45) is 0 Å².